The lowest BCUT2D eigenvalue weighted by Crippen LogP contribution is -2.37. The fourth-order valence-corrected chi connectivity index (χ4v) is 1.54. The van der Waals surface area contributed by atoms with Gasteiger partial charge in [0.25, 0.3) is 0 Å². The molecule has 0 aromatic rings. The Morgan fingerprint density at radius 1 is 1.44 bits per heavy atom. The molecule has 0 aliphatic rings. The summed E-state index contributed by atoms with van der Waals surface area (Å²) in [7, 11) is 1.37. The van der Waals surface area contributed by atoms with Crippen LogP contribution in [0.1, 0.15) is 33.6 Å². The van der Waals surface area contributed by atoms with Crippen molar-refractivity contribution >= 4 is 5.97 Å². The first-order chi connectivity index (χ1) is 7.54. The zero-order valence-corrected chi connectivity index (χ0v) is 11.0. The number of methoxy groups -OCH3 is 1. The molecule has 16 heavy (non-hydrogen) atoms. The van der Waals surface area contributed by atoms with Crippen LogP contribution >= 0.6 is 0 Å². The highest BCUT2D eigenvalue weighted by molar-refractivity contribution is 5.75. The van der Waals surface area contributed by atoms with Crippen molar-refractivity contribution < 1.29 is 9.53 Å². The summed E-state index contributed by atoms with van der Waals surface area (Å²) in [6, 6.07) is -0.490. The van der Waals surface area contributed by atoms with E-state index in [1.807, 2.05) is 0 Å². The number of carbonyl (C=O) groups excluding carboxylic acids is 1. The molecule has 0 aromatic heterocycles. The summed E-state index contributed by atoms with van der Waals surface area (Å²) in [5, 5.41) is 0. The summed E-state index contributed by atoms with van der Waals surface area (Å²) in [5.74, 6) is 0.369. The minimum atomic E-state index is -0.490. The summed E-state index contributed by atoms with van der Waals surface area (Å²) in [6.45, 7) is 9.49. The number of nitrogens with zero attached hydrogens (tertiary/aromatic N) is 1. The third-order valence-electron chi connectivity index (χ3n) is 2.97. The van der Waals surface area contributed by atoms with Gasteiger partial charge in [-0.3, -0.25) is 4.79 Å². The Balaban J connectivity index is 3.90. The molecule has 0 heterocycles. The normalized spacial score (nSPS) is 14.9. The van der Waals surface area contributed by atoms with E-state index >= 15 is 0 Å². The highest BCUT2D eigenvalue weighted by atomic mass is 16.5. The van der Waals surface area contributed by atoms with Crippen molar-refractivity contribution in [1.29, 1.82) is 0 Å². The Kier molecular flexibility index (Phi) is 8.21. The lowest BCUT2D eigenvalue weighted by molar-refractivity contribution is -0.142. The number of nitrogens with two attached hydrogens (primary N) is 1. The van der Waals surface area contributed by atoms with Crippen molar-refractivity contribution in [3.05, 3.63) is 0 Å². The summed E-state index contributed by atoms with van der Waals surface area (Å²) in [5.41, 5.74) is 5.69. The van der Waals surface area contributed by atoms with Gasteiger partial charge in [0.2, 0.25) is 0 Å². The van der Waals surface area contributed by atoms with Crippen LogP contribution in [0.5, 0.6) is 0 Å². The molecule has 0 rings (SSSR count). The number of rotatable bonds is 8. The van der Waals surface area contributed by atoms with Crippen LogP contribution in [0.25, 0.3) is 0 Å². The quantitative estimate of drug-likeness (QED) is 0.638. The maximum Gasteiger partial charge on any atom is 0.322 e. The smallest absolute Gasteiger partial charge is 0.322 e. The van der Waals surface area contributed by atoms with Crippen LogP contribution in [0.2, 0.25) is 0 Å². The van der Waals surface area contributed by atoms with Gasteiger partial charge in [0.1, 0.15) is 6.04 Å². The first-order valence-corrected chi connectivity index (χ1v) is 6.10. The average Bonchev–Trinajstić information content (AvgIpc) is 2.32. The van der Waals surface area contributed by atoms with Gasteiger partial charge in [0.15, 0.2) is 0 Å². The maximum absolute atomic E-state index is 11.1. The molecular weight excluding hydrogens is 204 g/mol. The molecule has 0 bridgehead atoms. The second-order valence-electron chi connectivity index (χ2n) is 4.32. The number of hydrogen-bond acceptors (Lipinski definition) is 4. The molecule has 0 spiro atoms. The molecule has 0 aliphatic carbocycles. The Morgan fingerprint density at radius 2 is 2.06 bits per heavy atom. The third kappa shape index (κ3) is 6.08. The van der Waals surface area contributed by atoms with Crippen LogP contribution < -0.4 is 5.73 Å². The Bertz CT molecular complexity index is 197. The van der Waals surface area contributed by atoms with Gasteiger partial charge in [-0.15, -0.1) is 0 Å². The highest BCUT2D eigenvalue weighted by Crippen LogP contribution is 2.05. The second kappa shape index (κ2) is 8.53. The minimum Gasteiger partial charge on any atom is -0.468 e. The number of hydrogen-bond donors (Lipinski definition) is 1. The maximum atomic E-state index is 11.1. The summed E-state index contributed by atoms with van der Waals surface area (Å²) < 4.78 is 4.60. The average molecular weight is 230 g/mol. The van der Waals surface area contributed by atoms with E-state index in [1.54, 1.807) is 0 Å². The summed E-state index contributed by atoms with van der Waals surface area (Å²) in [6.07, 6.45) is 1.84. The van der Waals surface area contributed by atoms with Gasteiger partial charge in [-0.1, -0.05) is 27.2 Å². The fraction of sp³-hybridized carbons (Fsp3) is 0.917. The molecule has 0 saturated heterocycles. The monoisotopic (exact) mass is 230 g/mol. The summed E-state index contributed by atoms with van der Waals surface area (Å²) in [4.78, 5) is 13.5. The predicted molar refractivity (Wildman–Crippen MR) is 66.2 cm³/mol. The van der Waals surface area contributed by atoms with E-state index in [2.05, 4.69) is 30.4 Å². The van der Waals surface area contributed by atoms with Gasteiger partial charge in [-0.2, -0.15) is 0 Å². The van der Waals surface area contributed by atoms with Crippen LogP contribution in [-0.4, -0.2) is 43.7 Å². The molecular formula is C12H26N2O2. The van der Waals surface area contributed by atoms with Crippen LogP contribution in [0.3, 0.4) is 0 Å². The first kappa shape index (κ1) is 15.4. The fourth-order valence-electron chi connectivity index (χ4n) is 1.54. The van der Waals surface area contributed by atoms with Crippen molar-refractivity contribution in [3.63, 3.8) is 0 Å². The Hall–Kier alpha value is -0.610. The van der Waals surface area contributed by atoms with Gasteiger partial charge in [-0.25, -0.2) is 0 Å². The predicted octanol–water partition coefficient (Wildman–Crippen LogP) is 1.24. The van der Waals surface area contributed by atoms with Crippen molar-refractivity contribution in [2.45, 2.75) is 39.7 Å². The van der Waals surface area contributed by atoms with Gasteiger partial charge < -0.3 is 15.4 Å². The molecule has 0 radical (unpaired) electrons. The second-order valence-corrected chi connectivity index (χ2v) is 4.32. The topological polar surface area (TPSA) is 55.6 Å². The van der Waals surface area contributed by atoms with Crippen molar-refractivity contribution in [2.24, 2.45) is 11.7 Å². The van der Waals surface area contributed by atoms with Gasteiger partial charge in [0.05, 0.1) is 7.11 Å². The molecule has 4 nitrogen and oxygen atoms in total. The van der Waals surface area contributed by atoms with E-state index in [0.717, 1.165) is 19.6 Å². The van der Waals surface area contributed by atoms with Gasteiger partial charge in [0, 0.05) is 13.1 Å². The zero-order chi connectivity index (χ0) is 12.6. The van der Waals surface area contributed by atoms with Gasteiger partial charge in [-0.05, 0) is 18.9 Å². The molecule has 0 amide bonds. The number of carbonyl (C=O) groups is 1. The van der Waals surface area contributed by atoms with Crippen molar-refractivity contribution in [2.75, 3.05) is 26.7 Å². The van der Waals surface area contributed by atoms with E-state index in [9.17, 15) is 4.79 Å². The molecule has 2 unspecified atom stereocenters. The molecule has 2 atom stereocenters. The number of ether oxygens (including phenoxy) is 1. The highest BCUT2D eigenvalue weighted by Gasteiger charge is 2.15. The van der Waals surface area contributed by atoms with Crippen LogP contribution in [0.4, 0.5) is 0 Å². The molecule has 2 N–H and O–H groups in total. The molecule has 0 saturated carbocycles. The van der Waals surface area contributed by atoms with E-state index in [0.29, 0.717) is 12.3 Å². The first-order valence-electron chi connectivity index (χ1n) is 6.10. The third-order valence-corrected chi connectivity index (χ3v) is 2.97. The van der Waals surface area contributed by atoms with Crippen LogP contribution in [0.15, 0.2) is 0 Å². The van der Waals surface area contributed by atoms with E-state index in [-0.39, 0.29) is 5.97 Å². The van der Waals surface area contributed by atoms with E-state index < -0.39 is 6.04 Å². The van der Waals surface area contributed by atoms with E-state index in [1.165, 1.54) is 13.5 Å². The minimum absolute atomic E-state index is 0.320. The lowest BCUT2D eigenvalue weighted by Gasteiger charge is -2.24. The van der Waals surface area contributed by atoms with E-state index in [4.69, 9.17) is 5.73 Å². The zero-order valence-electron chi connectivity index (χ0n) is 11.0. The standard InChI is InChI=1S/C12H26N2O2/c1-5-10(3)9-14(6-2)8-7-11(13)12(15)16-4/h10-11H,5-9,13H2,1-4H3. The molecule has 0 fully saturated rings. The largest absolute Gasteiger partial charge is 0.468 e. The SMILES string of the molecule is CCC(C)CN(CC)CCC(N)C(=O)OC. The Morgan fingerprint density at radius 3 is 2.50 bits per heavy atom. The molecule has 96 valence electrons. The molecule has 0 aliphatic heterocycles. The van der Waals surface area contributed by atoms with Crippen molar-refractivity contribution in [1.82, 2.24) is 4.90 Å². The van der Waals surface area contributed by atoms with Crippen molar-refractivity contribution in [3.8, 4) is 0 Å². The summed E-state index contributed by atoms with van der Waals surface area (Å²) >= 11 is 0. The Labute approximate surface area is 99.1 Å². The molecule has 0 aromatic carbocycles. The van der Waals surface area contributed by atoms with Crippen LogP contribution in [0, 0.1) is 5.92 Å². The lowest BCUT2D eigenvalue weighted by atomic mass is 10.1. The van der Waals surface area contributed by atoms with Gasteiger partial charge >= 0.3 is 5.97 Å². The number of esters is 1. The molecule has 4 heteroatoms. The van der Waals surface area contributed by atoms with Crippen LogP contribution in [-0.2, 0) is 9.53 Å².